The van der Waals surface area contributed by atoms with Crippen LogP contribution in [0.25, 0.3) is 12.2 Å². The van der Waals surface area contributed by atoms with Crippen LogP contribution >= 0.6 is 0 Å². The van der Waals surface area contributed by atoms with E-state index in [1.165, 1.54) is 18.2 Å². The second kappa shape index (κ2) is 4.53. The second-order valence-electron chi connectivity index (χ2n) is 3.49. The van der Waals surface area contributed by atoms with E-state index in [0.29, 0.717) is 5.56 Å². The van der Waals surface area contributed by atoms with E-state index in [1.54, 1.807) is 6.08 Å². The van der Waals surface area contributed by atoms with Crippen LogP contribution in [0.3, 0.4) is 0 Å². The molecule has 0 heterocycles. The van der Waals surface area contributed by atoms with Gasteiger partial charge in [0.1, 0.15) is 11.5 Å². The Kier molecular flexibility index (Phi) is 2.92. The first-order chi connectivity index (χ1) is 7.75. The van der Waals surface area contributed by atoms with E-state index < -0.39 is 0 Å². The van der Waals surface area contributed by atoms with Crippen LogP contribution in [-0.2, 0) is 0 Å². The highest BCUT2D eigenvalue weighted by Gasteiger charge is 1.97. The summed E-state index contributed by atoms with van der Waals surface area (Å²) in [7, 11) is 0. The summed E-state index contributed by atoms with van der Waals surface area (Å²) in [5, 5.41) is 18.8. The van der Waals surface area contributed by atoms with Crippen LogP contribution in [-0.4, -0.2) is 10.2 Å². The lowest BCUT2D eigenvalue weighted by molar-refractivity contribution is 0.459. The second-order valence-corrected chi connectivity index (χ2v) is 3.49. The van der Waals surface area contributed by atoms with Crippen LogP contribution in [0.4, 0.5) is 0 Å². The van der Waals surface area contributed by atoms with Crippen molar-refractivity contribution in [3.8, 4) is 11.5 Å². The Hall–Kier alpha value is -2.22. The fourth-order valence-electron chi connectivity index (χ4n) is 1.43. The lowest BCUT2D eigenvalue weighted by atomic mass is 10.1. The van der Waals surface area contributed by atoms with Crippen molar-refractivity contribution < 1.29 is 10.2 Å². The third kappa shape index (κ3) is 2.42. The molecule has 0 bridgehead atoms. The molecule has 2 rings (SSSR count). The van der Waals surface area contributed by atoms with Gasteiger partial charge in [-0.3, -0.25) is 0 Å². The minimum Gasteiger partial charge on any atom is -0.508 e. The molecule has 0 atom stereocenters. The Morgan fingerprint density at radius 1 is 0.812 bits per heavy atom. The molecule has 2 aromatic carbocycles. The number of hydrogen-bond donors (Lipinski definition) is 2. The third-order valence-corrected chi connectivity index (χ3v) is 2.27. The van der Waals surface area contributed by atoms with Crippen LogP contribution < -0.4 is 0 Å². The van der Waals surface area contributed by atoms with E-state index in [4.69, 9.17) is 0 Å². The molecule has 0 aliphatic carbocycles. The zero-order valence-corrected chi connectivity index (χ0v) is 8.67. The molecule has 0 unspecified atom stereocenters. The Bertz CT molecular complexity index is 501. The summed E-state index contributed by atoms with van der Waals surface area (Å²) in [6.07, 6.45) is 3.65. The van der Waals surface area contributed by atoms with Crippen molar-refractivity contribution in [3.63, 3.8) is 0 Å². The summed E-state index contributed by atoms with van der Waals surface area (Å²) in [6.45, 7) is 0. The molecule has 0 aliphatic rings. The molecule has 0 saturated heterocycles. The number of aromatic hydroxyl groups is 2. The highest BCUT2D eigenvalue weighted by Crippen LogP contribution is 2.23. The average Bonchev–Trinajstić information content (AvgIpc) is 2.32. The molecule has 0 amide bonds. The maximum atomic E-state index is 9.55. The lowest BCUT2D eigenvalue weighted by Gasteiger charge is -1.99. The van der Waals surface area contributed by atoms with Gasteiger partial charge in [0.05, 0.1) is 0 Å². The first-order valence-corrected chi connectivity index (χ1v) is 5.01. The molecule has 0 spiro atoms. The SMILES string of the molecule is Oc1ccc(O)c(/C=C\c2ccccc2)c1. The molecule has 2 N–H and O–H groups in total. The molecular weight excluding hydrogens is 200 g/mol. The predicted molar refractivity (Wildman–Crippen MR) is 65.1 cm³/mol. The van der Waals surface area contributed by atoms with Gasteiger partial charge in [-0.05, 0) is 23.8 Å². The van der Waals surface area contributed by atoms with E-state index >= 15 is 0 Å². The maximum absolute atomic E-state index is 9.55. The molecule has 0 aliphatic heterocycles. The number of phenols is 2. The molecule has 0 aromatic heterocycles. The van der Waals surface area contributed by atoms with E-state index in [9.17, 15) is 10.2 Å². The summed E-state index contributed by atoms with van der Waals surface area (Å²) in [5.41, 5.74) is 1.65. The highest BCUT2D eigenvalue weighted by atomic mass is 16.3. The molecule has 0 radical (unpaired) electrons. The van der Waals surface area contributed by atoms with Gasteiger partial charge in [-0.1, -0.05) is 42.5 Å². The number of rotatable bonds is 2. The first-order valence-electron chi connectivity index (χ1n) is 5.01. The van der Waals surface area contributed by atoms with E-state index in [2.05, 4.69) is 0 Å². The molecule has 0 saturated carbocycles. The van der Waals surface area contributed by atoms with Crippen LogP contribution in [0.15, 0.2) is 48.5 Å². The summed E-state index contributed by atoms with van der Waals surface area (Å²) in [4.78, 5) is 0. The summed E-state index contributed by atoms with van der Waals surface area (Å²) >= 11 is 0. The van der Waals surface area contributed by atoms with Crippen molar-refractivity contribution in [1.29, 1.82) is 0 Å². The van der Waals surface area contributed by atoms with E-state index in [-0.39, 0.29) is 11.5 Å². The quantitative estimate of drug-likeness (QED) is 0.592. The normalized spacial score (nSPS) is 10.8. The van der Waals surface area contributed by atoms with Gasteiger partial charge in [-0.2, -0.15) is 0 Å². The van der Waals surface area contributed by atoms with E-state index in [1.807, 2.05) is 36.4 Å². The van der Waals surface area contributed by atoms with Crippen molar-refractivity contribution in [1.82, 2.24) is 0 Å². The molecule has 2 aromatic rings. The zero-order valence-electron chi connectivity index (χ0n) is 8.67. The Morgan fingerprint density at radius 3 is 2.31 bits per heavy atom. The minimum absolute atomic E-state index is 0.144. The van der Waals surface area contributed by atoms with Crippen LogP contribution in [0.1, 0.15) is 11.1 Å². The highest BCUT2D eigenvalue weighted by molar-refractivity contribution is 5.72. The van der Waals surface area contributed by atoms with Crippen molar-refractivity contribution in [3.05, 3.63) is 59.7 Å². The predicted octanol–water partition coefficient (Wildman–Crippen LogP) is 3.27. The Labute approximate surface area is 94.1 Å². The Morgan fingerprint density at radius 2 is 1.56 bits per heavy atom. The largest absolute Gasteiger partial charge is 0.508 e. The standard InChI is InChI=1S/C14H12O2/c15-13-8-9-14(16)12(10-13)7-6-11-4-2-1-3-5-11/h1-10,15-16H/b7-6-. The molecule has 0 fully saturated rings. The monoisotopic (exact) mass is 212 g/mol. The number of benzene rings is 2. The van der Waals surface area contributed by atoms with Gasteiger partial charge in [-0.15, -0.1) is 0 Å². The molecular formula is C14H12O2. The lowest BCUT2D eigenvalue weighted by Crippen LogP contribution is -1.75. The average molecular weight is 212 g/mol. The zero-order chi connectivity index (χ0) is 11.4. The first kappa shape index (κ1) is 10.3. The number of phenolic OH excluding ortho intramolecular Hbond substituents is 2. The van der Waals surface area contributed by atoms with Crippen molar-refractivity contribution in [2.45, 2.75) is 0 Å². The smallest absolute Gasteiger partial charge is 0.123 e. The van der Waals surface area contributed by atoms with Gasteiger partial charge in [0.15, 0.2) is 0 Å². The van der Waals surface area contributed by atoms with Crippen LogP contribution in [0.5, 0.6) is 11.5 Å². The van der Waals surface area contributed by atoms with Crippen LogP contribution in [0.2, 0.25) is 0 Å². The van der Waals surface area contributed by atoms with Gasteiger partial charge < -0.3 is 10.2 Å². The Balaban J connectivity index is 2.27. The summed E-state index contributed by atoms with van der Waals surface area (Å²) in [6, 6.07) is 14.2. The van der Waals surface area contributed by atoms with Gasteiger partial charge in [0, 0.05) is 5.56 Å². The maximum Gasteiger partial charge on any atom is 0.123 e. The van der Waals surface area contributed by atoms with Gasteiger partial charge >= 0.3 is 0 Å². The van der Waals surface area contributed by atoms with Gasteiger partial charge in [0.2, 0.25) is 0 Å². The van der Waals surface area contributed by atoms with Crippen molar-refractivity contribution in [2.75, 3.05) is 0 Å². The summed E-state index contributed by atoms with van der Waals surface area (Å²) < 4.78 is 0. The van der Waals surface area contributed by atoms with Gasteiger partial charge in [-0.25, -0.2) is 0 Å². The van der Waals surface area contributed by atoms with Crippen molar-refractivity contribution in [2.24, 2.45) is 0 Å². The molecule has 2 heteroatoms. The van der Waals surface area contributed by atoms with Gasteiger partial charge in [0.25, 0.3) is 0 Å². The number of hydrogen-bond acceptors (Lipinski definition) is 2. The van der Waals surface area contributed by atoms with E-state index in [0.717, 1.165) is 5.56 Å². The third-order valence-electron chi connectivity index (χ3n) is 2.27. The fraction of sp³-hybridized carbons (Fsp3) is 0. The molecule has 16 heavy (non-hydrogen) atoms. The molecule has 80 valence electrons. The fourth-order valence-corrected chi connectivity index (χ4v) is 1.43. The van der Waals surface area contributed by atoms with Crippen molar-refractivity contribution >= 4 is 12.2 Å². The topological polar surface area (TPSA) is 40.5 Å². The summed E-state index contributed by atoms with van der Waals surface area (Å²) in [5.74, 6) is 0.301. The molecule has 2 nitrogen and oxygen atoms in total. The van der Waals surface area contributed by atoms with Crippen LogP contribution in [0, 0.1) is 0 Å². The minimum atomic E-state index is 0.144.